The Morgan fingerprint density at radius 1 is 1.23 bits per heavy atom. The zero-order valence-electron chi connectivity index (χ0n) is 14.5. The van der Waals surface area contributed by atoms with Crippen molar-refractivity contribution in [1.82, 2.24) is 9.80 Å². The van der Waals surface area contributed by atoms with Crippen molar-refractivity contribution < 1.29 is 9.59 Å². The molecule has 0 aromatic carbocycles. The minimum absolute atomic E-state index is 0.00735. The van der Waals surface area contributed by atoms with Gasteiger partial charge in [0, 0.05) is 28.5 Å². The Balaban J connectivity index is 1.51. The lowest BCUT2D eigenvalue weighted by molar-refractivity contribution is -0.145. The van der Waals surface area contributed by atoms with E-state index in [1.165, 1.54) is 15.3 Å². The number of nitrogens with zero attached hydrogens (tertiary/aromatic N) is 2. The van der Waals surface area contributed by atoms with E-state index in [-0.39, 0.29) is 28.8 Å². The van der Waals surface area contributed by atoms with Crippen LogP contribution in [0.3, 0.4) is 0 Å². The summed E-state index contributed by atoms with van der Waals surface area (Å²) >= 11 is 5.26. The van der Waals surface area contributed by atoms with Crippen molar-refractivity contribution in [3.8, 4) is 0 Å². The molecule has 0 N–H and O–H groups in total. The molecule has 3 aliphatic heterocycles. The van der Waals surface area contributed by atoms with Gasteiger partial charge in [-0.2, -0.15) is 0 Å². The molecule has 5 heterocycles. The molecule has 2 fully saturated rings. The molecule has 2 aromatic rings. The van der Waals surface area contributed by atoms with Gasteiger partial charge in [-0.3, -0.25) is 9.59 Å². The predicted molar refractivity (Wildman–Crippen MR) is 107 cm³/mol. The molecule has 2 saturated heterocycles. The highest BCUT2D eigenvalue weighted by molar-refractivity contribution is 8.01. The molecule has 5 rings (SSSR count). The number of thioether (sulfide) groups is 1. The van der Waals surface area contributed by atoms with E-state index in [0.29, 0.717) is 12.2 Å². The first-order valence-corrected chi connectivity index (χ1v) is 11.7. The molecule has 2 aromatic heterocycles. The van der Waals surface area contributed by atoms with Crippen molar-refractivity contribution in [3.05, 3.63) is 44.3 Å². The highest BCUT2D eigenvalue weighted by Crippen LogP contribution is 2.48. The van der Waals surface area contributed by atoms with Crippen LogP contribution in [-0.2, 0) is 16.0 Å². The Kier molecular flexibility index (Phi) is 3.95. The molecule has 3 aliphatic rings. The third-order valence-corrected chi connectivity index (χ3v) is 9.22. The van der Waals surface area contributed by atoms with Gasteiger partial charge in [-0.05, 0) is 48.2 Å². The molecule has 136 valence electrons. The van der Waals surface area contributed by atoms with E-state index in [0.717, 1.165) is 19.4 Å². The Bertz CT molecular complexity index is 862. The van der Waals surface area contributed by atoms with Gasteiger partial charge < -0.3 is 9.80 Å². The maximum atomic E-state index is 13.6. The second-order valence-corrected chi connectivity index (χ2v) is 10.7. The van der Waals surface area contributed by atoms with E-state index in [1.54, 1.807) is 34.4 Å². The Hall–Kier alpha value is -1.31. The first kappa shape index (κ1) is 16.8. The molecule has 26 heavy (non-hydrogen) atoms. The van der Waals surface area contributed by atoms with Crippen molar-refractivity contribution in [2.45, 2.75) is 43.1 Å². The topological polar surface area (TPSA) is 40.6 Å². The molecule has 2 amide bonds. The number of fused-ring (bicyclic) bond motifs is 2. The van der Waals surface area contributed by atoms with E-state index >= 15 is 0 Å². The molecule has 0 bridgehead atoms. The zero-order valence-corrected chi connectivity index (χ0v) is 17.0. The van der Waals surface area contributed by atoms with Crippen LogP contribution in [0.2, 0.25) is 0 Å². The fourth-order valence-electron chi connectivity index (χ4n) is 4.50. The van der Waals surface area contributed by atoms with Gasteiger partial charge in [0.05, 0.1) is 10.9 Å². The van der Waals surface area contributed by atoms with Gasteiger partial charge in [-0.25, -0.2) is 0 Å². The zero-order chi connectivity index (χ0) is 17.9. The van der Waals surface area contributed by atoms with Gasteiger partial charge in [0.1, 0.15) is 6.04 Å². The first-order chi connectivity index (χ1) is 12.6. The minimum Gasteiger partial charge on any atom is -0.329 e. The van der Waals surface area contributed by atoms with Crippen molar-refractivity contribution >= 4 is 46.2 Å². The van der Waals surface area contributed by atoms with Crippen molar-refractivity contribution in [1.29, 1.82) is 0 Å². The lowest BCUT2D eigenvalue weighted by Gasteiger charge is -2.39. The average Bonchev–Trinajstić information content (AvgIpc) is 3.39. The van der Waals surface area contributed by atoms with Gasteiger partial charge in [0.25, 0.3) is 0 Å². The normalized spacial score (nSPS) is 30.6. The van der Waals surface area contributed by atoms with E-state index in [1.807, 2.05) is 9.80 Å². The molecule has 3 atom stereocenters. The number of hydrogen-bond donors (Lipinski definition) is 0. The number of rotatable bonds is 2. The van der Waals surface area contributed by atoms with Crippen LogP contribution in [0.4, 0.5) is 0 Å². The maximum Gasteiger partial charge on any atom is 0.247 e. The molecule has 0 radical (unpaired) electrons. The summed E-state index contributed by atoms with van der Waals surface area (Å²) in [5.74, 6) is 0.967. The number of carbonyl (C=O) groups is 2. The highest BCUT2D eigenvalue weighted by Gasteiger charge is 2.54. The largest absolute Gasteiger partial charge is 0.329 e. The maximum absolute atomic E-state index is 13.6. The Morgan fingerprint density at radius 3 is 2.92 bits per heavy atom. The van der Waals surface area contributed by atoms with Crippen molar-refractivity contribution in [2.75, 3.05) is 12.3 Å². The fraction of sp³-hybridized carbons (Fsp3) is 0.474. The van der Waals surface area contributed by atoms with Crippen LogP contribution in [-0.4, -0.2) is 44.8 Å². The van der Waals surface area contributed by atoms with Gasteiger partial charge in [0.15, 0.2) is 0 Å². The molecule has 3 unspecified atom stereocenters. The summed E-state index contributed by atoms with van der Waals surface area (Å²) in [5.41, 5.74) is 1.26. The summed E-state index contributed by atoms with van der Waals surface area (Å²) in [5, 5.41) is 4.21. The van der Waals surface area contributed by atoms with Crippen LogP contribution in [0.25, 0.3) is 0 Å². The molecular formula is C19H20N2O2S3. The quantitative estimate of drug-likeness (QED) is 0.766. The molecule has 0 aliphatic carbocycles. The van der Waals surface area contributed by atoms with Crippen LogP contribution in [0.5, 0.6) is 0 Å². The van der Waals surface area contributed by atoms with Crippen molar-refractivity contribution in [3.63, 3.8) is 0 Å². The SMILES string of the molecule is CC12CCC(=O)N1C(C(=O)N1CCc3sccc3C1c1cccs1)CS2. The predicted octanol–water partition coefficient (Wildman–Crippen LogP) is 3.74. The summed E-state index contributed by atoms with van der Waals surface area (Å²) in [6.07, 6.45) is 2.32. The third-order valence-electron chi connectivity index (χ3n) is 5.79. The lowest BCUT2D eigenvalue weighted by atomic mass is 9.97. The van der Waals surface area contributed by atoms with Crippen LogP contribution in [0.1, 0.15) is 41.1 Å². The average molecular weight is 405 g/mol. The van der Waals surface area contributed by atoms with Gasteiger partial charge >= 0.3 is 0 Å². The Labute approximate surface area is 165 Å². The second-order valence-electron chi connectivity index (χ2n) is 7.26. The van der Waals surface area contributed by atoms with Crippen LogP contribution >= 0.6 is 34.4 Å². The standard InChI is InChI=1S/C19H20N2O2S3/c1-19-7-4-16(22)21(19)13(11-26-19)18(23)20-8-5-14-12(6-10-25-14)17(20)15-3-2-9-24-15/h2-3,6,9-10,13,17H,4-5,7-8,11H2,1H3. The van der Waals surface area contributed by atoms with Crippen LogP contribution in [0.15, 0.2) is 29.0 Å². The van der Waals surface area contributed by atoms with Crippen LogP contribution < -0.4 is 0 Å². The van der Waals surface area contributed by atoms with Crippen LogP contribution in [0, 0.1) is 0 Å². The highest BCUT2D eigenvalue weighted by atomic mass is 32.2. The fourth-order valence-corrected chi connectivity index (χ4v) is 7.68. The smallest absolute Gasteiger partial charge is 0.247 e. The third kappa shape index (κ3) is 2.40. The summed E-state index contributed by atoms with van der Waals surface area (Å²) in [4.78, 5) is 32.4. The number of amides is 2. The van der Waals surface area contributed by atoms with E-state index in [4.69, 9.17) is 0 Å². The molecule has 0 saturated carbocycles. The van der Waals surface area contributed by atoms with Gasteiger partial charge in [-0.1, -0.05) is 6.07 Å². The Morgan fingerprint density at radius 2 is 2.12 bits per heavy atom. The first-order valence-electron chi connectivity index (χ1n) is 8.95. The lowest BCUT2D eigenvalue weighted by Crippen LogP contribution is -2.53. The number of carbonyl (C=O) groups excluding carboxylic acids is 2. The molecule has 0 spiro atoms. The number of hydrogen-bond acceptors (Lipinski definition) is 5. The summed E-state index contributed by atoms with van der Waals surface area (Å²) < 4.78 is 0. The number of thiophene rings is 2. The second kappa shape index (κ2) is 6.11. The summed E-state index contributed by atoms with van der Waals surface area (Å²) in [6.45, 7) is 2.84. The molecule has 4 nitrogen and oxygen atoms in total. The van der Waals surface area contributed by atoms with Crippen molar-refractivity contribution in [2.24, 2.45) is 0 Å². The van der Waals surface area contributed by atoms with E-state index in [9.17, 15) is 9.59 Å². The monoisotopic (exact) mass is 404 g/mol. The van der Waals surface area contributed by atoms with E-state index in [2.05, 4.69) is 35.9 Å². The summed E-state index contributed by atoms with van der Waals surface area (Å²) in [6, 6.07) is 6.01. The van der Waals surface area contributed by atoms with Gasteiger partial charge in [-0.15, -0.1) is 34.4 Å². The summed E-state index contributed by atoms with van der Waals surface area (Å²) in [7, 11) is 0. The molecule has 7 heteroatoms. The van der Waals surface area contributed by atoms with Gasteiger partial charge in [0.2, 0.25) is 11.8 Å². The minimum atomic E-state index is -0.317. The molecular weight excluding hydrogens is 384 g/mol. The van der Waals surface area contributed by atoms with E-state index < -0.39 is 0 Å².